The number of hydrogen-bond acceptors (Lipinski definition) is 4. The van der Waals surface area contributed by atoms with Gasteiger partial charge < -0.3 is 11.5 Å². The molecule has 17 heavy (non-hydrogen) atoms. The van der Waals surface area contributed by atoms with Crippen LogP contribution in [-0.4, -0.2) is 28.9 Å². The van der Waals surface area contributed by atoms with E-state index in [4.69, 9.17) is 11.5 Å². The van der Waals surface area contributed by atoms with Gasteiger partial charge in [-0.05, 0) is 32.0 Å². The van der Waals surface area contributed by atoms with Crippen molar-refractivity contribution in [1.29, 1.82) is 0 Å². The Morgan fingerprint density at radius 3 is 2.76 bits per heavy atom. The summed E-state index contributed by atoms with van der Waals surface area (Å²) in [5.74, 6) is 0.451. The lowest BCUT2D eigenvalue weighted by atomic mass is 9.96. The first-order valence-corrected chi connectivity index (χ1v) is 5.88. The molecule has 1 amide bonds. The number of carbonyl (C=O) groups excluding carboxylic acids is 1. The Balaban J connectivity index is 1.90. The molecule has 0 spiro atoms. The van der Waals surface area contributed by atoms with Crippen LogP contribution in [0, 0.1) is 5.92 Å². The van der Waals surface area contributed by atoms with Gasteiger partial charge in [-0.25, -0.2) is 4.98 Å². The normalized spacial score (nSPS) is 18.1. The molecule has 1 aromatic heterocycles. The molecule has 0 unspecified atom stereocenters. The van der Waals surface area contributed by atoms with E-state index >= 15 is 0 Å². The van der Waals surface area contributed by atoms with Gasteiger partial charge in [0.25, 0.3) is 0 Å². The van der Waals surface area contributed by atoms with E-state index in [1.54, 1.807) is 6.20 Å². The summed E-state index contributed by atoms with van der Waals surface area (Å²) in [4.78, 5) is 17.4. The van der Waals surface area contributed by atoms with Crippen LogP contribution in [0.3, 0.4) is 0 Å². The van der Waals surface area contributed by atoms with Crippen LogP contribution >= 0.6 is 0 Å². The van der Waals surface area contributed by atoms with Crippen LogP contribution in [0.5, 0.6) is 0 Å². The predicted molar refractivity (Wildman–Crippen MR) is 65.8 cm³/mol. The van der Waals surface area contributed by atoms with E-state index in [1.807, 2.05) is 12.1 Å². The fourth-order valence-corrected chi connectivity index (χ4v) is 2.20. The molecule has 0 radical (unpaired) electrons. The number of amides is 1. The topological polar surface area (TPSA) is 85.2 Å². The molecule has 0 aliphatic carbocycles. The molecular formula is C12H18N4O. The van der Waals surface area contributed by atoms with Gasteiger partial charge in [0, 0.05) is 24.2 Å². The fraction of sp³-hybridized carbons (Fsp3) is 0.500. The molecule has 2 heterocycles. The summed E-state index contributed by atoms with van der Waals surface area (Å²) in [7, 11) is 0. The highest BCUT2D eigenvalue weighted by Gasteiger charge is 2.23. The van der Waals surface area contributed by atoms with Gasteiger partial charge in [0.15, 0.2) is 0 Å². The highest BCUT2D eigenvalue weighted by Crippen LogP contribution is 2.19. The van der Waals surface area contributed by atoms with Crippen molar-refractivity contribution in [2.75, 3.05) is 18.8 Å². The van der Waals surface area contributed by atoms with Crippen LogP contribution in [0.4, 0.5) is 5.82 Å². The van der Waals surface area contributed by atoms with Crippen molar-refractivity contribution in [2.45, 2.75) is 19.4 Å². The number of piperidine rings is 1. The second-order valence-electron chi connectivity index (χ2n) is 4.50. The molecule has 0 aromatic carbocycles. The van der Waals surface area contributed by atoms with Crippen molar-refractivity contribution in [1.82, 2.24) is 9.88 Å². The molecule has 0 saturated carbocycles. The van der Waals surface area contributed by atoms with E-state index in [0.29, 0.717) is 5.82 Å². The van der Waals surface area contributed by atoms with Crippen LogP contribution in [-0.2, 0) is 11.3 Å². The van der Waals surface area contributed by atoms with Gasteiger partial charge in [-0.3, -0.25) is 9.69 Å². The number of anilines is 1. The van der Waals surface area contributed by atoms with Gasteiger partial charge in [0.05, 0.1) is 0 Å². The molecule has 0 bridgehead atoms. The number of nitrogens with zero attached hydrogens (tertiary/aromatic N) is 2. The van der Waals surface area contributed by atoms with Crippen LogP contribution in [0.1, 0.15) is 18.4 Å². The van der Waals surface area contributed by atoms with Crippen LogP contribution in [0.15, 0.2) is 18.3 Å². The number of nitrogen functional groups attached to an aromatic ring is 1. The first kappa shape index (κ1) is 11.9. The zero-order valence-electron chi connectivity index (χ0n) is 9.80. The summed E-state index contributed by atoms with van der Waals surface area (Å²) in [5.41, 5.74) is 12.1. The third-order valence-electron chi connectivity index (χ3n) is 3.31. The Morgan fingerprint density at radius 2 is 2.18 bits per heavy atom. The highest BCUT2D eigenvalue weighted by atomic mass is 16.1. The molecule has 1 fully saturated rings. The first-order chi connectivity index (χ1) is 8.16. The molecule has 5 nitrogen and oxygen atoms in total. The summed E-state index contributed by atoms with van der Waals surface area (Å²) in [5, 5.41) is 0. The zero-order chi connectivity index (χ0) is 12.3. The highest BCUT2D eigenvalue weighted by molar-refractivity contribution is 5.76. The quantitative estimate of drug-likeness (QED) is 0.790. The number of carbonyl (C=O) groups is 1. The minimum absolute atomic E-state index is 0.0393. The lowest BCUT2D eigenvalue weighted by Crippen LogP contribution is -2.38. The van der Waals surface area contributed by atoms with Crippen LogP contribution < -0.4 is 11.5 Å². The second-order valence-corrected chi connectivity index (χ2v) is 4.50. The molecule has 4 N–H and O–H groups in total. The van der Waals surface area contributed by atoms with Crippen molar-refractivity contribution >= 4 is 11.7 Å². The van der Waals surface area contributed by atoms with Crippen molar-refractivity contribution in [3.8, 4) is 0 Å². The number of likely N-dealkylation sites (tertiary alicyclic amines) is 1. The predicted octanol–water partition coefficient (Wildman–Crippen LogP) is 0.361. The molecule has 1 aromatic rings. The van der Waals surface area contributed by atoms with Crippen molar-refractivity contribution < 1.29 is 4.79 Å². The van der Waals surface area contributed by atoms with E-state index < -0.39 is 0 Å². The van der Waals surface area contributed by atoms with Crippen molar-refractivity contribution in [2.24, 2.45) is 11.7 Å². The number of hydrogen-bond donors (Lipinski definition) is 2. The third kappa shape index (κ3) is 2.94. The maximum atomic E-state index is 11.0. The van der Waals surface area contributed by atoms with Gasteiger partial charge in [0.2, 0.25) is 5.91 Å². The van der Waals surface area contributed by atoms with E-state index in [2.05, 4.69) is 9.88 Å². The lowest BCUT2D eigenvalue weighted by Gasteiger charge is -2.30. The third-order valence-corrected chi connectivity index (χ3v) is 3.31. The first-order valence-electron chi connectivity index (χ1n) is 5.88. The van der Waals surface area contributed by atoms with E-state index in [9.17, 15) is 4.79 Å². The smallest absolute Gasteiger partial charge is 0.220 e. The second kappa shape index (κ2) is 5.14. The average Bonchev–Trinajstić information content (AvgIpc) is 2.33. The summed E-state index contributed by atoms with van der Waals surface area (Å²) in [6, 6.07) is 3.88. The average molecular weight is 234 g/mol. The molecule has 2 rings (SSSR count). The number of aromatic nitrogens is 1. The zero-order valence-corrected chi connectivity index (χ0v) is 9.80. The molecule has 0 atom stereocenters. The minimum Gasteiger partial charge on any atom is -0.383 e. The van der Waals surface area contributed by atoms with Gasteiger partial charge in [-0.15, -0.1) is 0 Å². The summed E-state index contributed by atoms with van der Waals surface area (Å²) in [6.45, 7) is 2.58. The molecule has 1 aliphatic rings. The van der Waals surface area contributed by atoms with Gasteiger partial charge in [-0.1, -0.05) is 6.07 Å². The Labute approximate surface area is 101 Å². The Kier molecular flexibility index (Phi) is 3.58. The van der Waals surface area contributed by atoms with Crippen LogP contribution in [0.2, 0.25) is 0 Å². The standard InChI is InChI=1S/C12H18N4O/c13-11-10(2-1-5-15-11)8-16-6-3-9(4-7-16)12(14)17/h1-2,5,9H,3-4,6-8H2,(H2,13,15)(H2,14,17). The van der Waals surface area contributed by atoms with Crippen LogP contribution in [0.25, 0.3) is 0 Å². The van der Waals surface area contributed by atoms with E-state index in [1.165, 1.54) is 0 Å². The van der Waals surface area contributed by atoms with Crippen molar-refractivity contribution in [3.63, 3.8) is 0 Å². The van der Waals surface area contributed by atoms with Gasteiger partial charge in [-0.2, -0.15) is 0 Å². The molecule has 5 heteroatoms. The minimum atomic E-state index is -0.175. The lowest BCUT2D eigenvalue weighted by molar-refractivity contribution is -0.123. The molecule has 1 saturated heterocycles. The summed E-state index contributed by atoms with van der Waals surface area (Å²) < 4.78 is 0. The summed E-state index contributed by atoms with van der Waals surface area (Å²) in [6.07, 6.45) is 3.38. The number of rotatable bonds is 3. The maximum Gasteiger partial charge on any atom is 0.220 e. The SMILES string of the molecule is NC(=O)C1CCN(Cc2cccnc2N)CC1. The Morgan fingerprint density at radius 1 is 1.47 bits per heavy atom. The van der Waals surface area contributed by atoms with Gasteiger partial charge in [0.1, 0.15) is 5.82 Å². The fourth-order valence-electron chi connectivity index (χ4n) is 2.20. The summed E-state index contributed by atoms with van der Waals surface area (Å²) >= 11 is 0. The number of pyridine rings is 1. The largest absolute Gasteiger partial charge is 0.383 e. The molecule has 1 aliphatic heterocycles. The van der Waals surface area contributed by atoms with E-state index in [-0.39, 0.29) is 11.8 Å². The number of primary amides is 1. The molecule has 92 valence electrons. The van der Waals surface area contributed by atoms with Crippen molar-refractivity contribution in [3.05, 3.63) is 23.9 Å². The maximum absolute atomic E-state index is 11.0. The van der Waals surface area contributed by atoms with E-state index in [0.717, 1.165) is 38.0 Å². The monoisotopic (exact) mass is 234 g/mol. The Bertz CT molecular complexity index is 399. The number of nitrogens with two attached hydrogens (primary N) is 2. The Hall–Kier alpha value is -1.62. The molecular weight excluding hydrogens is 216 g/mol. The van der Waals surface area contributed by atoms with Gasteiger partial charge >= 0.3 is 0 Å².